The smallest absolute Gasteiger partial charge is 0.326 e. The topological polar surface area (TPSA) is 119 Å². The van der Waals surface area contributed by atoms with Crippen molar-refractivity contribution in [1.82, 2.24) is 5.32 Å². The molecule has 0 aliphatic heterocycles. The molecule has 0 heterocycles. The van der Waals surface area contributed by atoms with Gasteiger partial charge in [0.2, 0.25) is 5.91 Å². The molecule has 2 atom stereocenters. The van der Waals surface area contributed by atoms with Crippen LogP contribution in [0.5, 0.6) is 0 Å². The molecule has 0 aromatic rings. The third-order valence-corrected chi connectivity index (χ3v) is 9.57. The Morgan fingerprint density at radius 3 is 1.63 bits per heavy atom. The maximum absolute atomic E-state index is 12.8. The molecule has 0 rings (SSSR count). The van der Waals surface area contributed by atoms with E-state index in [9.17, 15) is 19.5 Å². The lowest BCUT2D eigenvalue weighted by atomic mass is 10.0. The van der Waals surface area contributed by atoms with Gasteiger partial charge in [-0.3, -0.25) is 9.59 Å². The number of nitrogens with two attached hydrogens (primary N) is 1. The minimum absolute atomic E-state index is 0.0325. The van der Waals surface area contributed by atoms with Crippen molar-refractivity contribution in [3.05, 3.63) is 60.8 Å². The van der Waals surface area contributed by atoms with E-state index in [0.717, 1.165) is 122 Å². The molecule has 0 fully saturated rings. The highest BCUT2D eigenvalue weighted by Gasteiger charge is 2.19. The first-order chi connectivity index (χ1) is 26.4. The summed E-state index contributed by atoms with van der Waals surface area (Å²) < 4.78 is 6.02. The summed E-state index contributed by atoms with van der Waals surface area (Å²) in [4.78, 5) is 36.4. The number of rotatable bonds is 39. The molecule has 4 N–H and O–H groups in total. The van der Waals surface area contributed by atoms with Gasteiger partial charge in [-0.25, -0.2) is 4.79 Å². The van der Waals surface area contributed by atoms with Gasteiger partial charge in [0, 0.05) is 12.8 Å². The predicted molar refractivity (Wildman–Crippen MR) is 229 cm³/mol. The van der Waals surface area contributed by atoms with Gasteiger partial charge in [-0.05, 0) is 116 Å². The fourth-order valence-corrected chi connectivity index (χ4v) is 6.27. The van der Waals surface area contributed by atoms with Gasteiger partial charge in [0.15, 0.2) is 0 Å². The Hall–Kier alpha value is -2.93. The number of nitrogens with one attached hydrogen (secondary N) is 1. The minimum atomic E-state index is -1.01. The average molecular weight is 755 g/mol. The molecule has 0 saturated carbocycles. The minimum Gasteiger partial charge on any atom is -0.480 e. The highest BCUT2D eigenvalue weighted by atomic mass is 16.5. The van der Waals surface area contributed by atoms with Gasteiger partial charge in [0.1, 0.15) is 12.1 Å². The zero-order valence-corrected chi connectivity index (χ0v) is 34.8. The van der Waals surface area contributed by atoms with Gasteiger partial charge in [-0.15, -0.1) is 0 Å². The van der Waals surface area contributed by atoms with E-state index in [1.165, 1.54) is 38.5 Å². The number of amides is 1. The monoisotopic (exact) mass is 755 g/mol. The second-order valence-electron chi connectivity index (χ2n) is 14.7. The summed E-state index contributed by atoms with van der Waals surface area (Å²) in [6.45, 7) is 4.82. The van der Waals surface area contributed by atoms with Crippen LogP contribution in [-0.4, -0.2) is 41.6 Å². The molecule has 0 saturated heterocycles. The summed E-state index contributed by atoms with van der Waals surface area (Å²) in [5.74, 6) is -1.28. The van der Waals surface area contributed by atoms with E-state index < -0.39 is 12.0 Å². The summed E-state index contributed by atoms with van der Waals surface area (Å²) >= 11 is 0. The summed E-state index contributed by atoms with van der Waals surface area (Å²) in [6.07, 6.45) is 51.2. The van der Waals surface area contributed by atoms with E-state index in [1.54, 1.807) is 0 Å². The molecule has 0 aliphatic carbocycles. The van der Waals surface area contributed by atoms with Crippen LogP contribution in [0.1, 0.15) is 200 Å². The number of unbranched alkanes of at least 4 members (excludes halogenated alkanes) is 15. The van der Waals surface area contributed by atoms with Crippen LogP contribution in [0.25, 0.3) is 0 Å². The predicted octanol–water partition coefficient (Wildman–Crippen LogP) is 12.6. The van der Waals surface area contributed by atoms with Crippen molar-refractivity contribution in [2.24, 2.45) is 5.73 Å². The van der Waals surface area contributed by atoms with Crippen LogP contribution in [0, 0.1) is 0 Å². The Balaban J connectivity index is 4.39. The fourth-order valence-electron chi connectivity index (χ4n) is 6.27. The van der Waals surface area contributed by atoms with Crippen molar-refractivity contribution in [2.75, 3.05) is 6.54 Å². The zero-order chi connectivity index (χ0) is 39.6. The van der Waals surface area contributed by atoms with Crippen LogP contribution < -0.4 is 11.1 Å². The van der Waals surface area contributed by atoms with Crippen LogP contribution in [0.15, 0.2) is 60.8 Å². The maximum Gasteiger partial charge on any atom is 0.326 e. The van der Waals surface area contributed by atoms with Crippen molar-refractivity contribution < 1.29 is 24.2 Å². The molecule has 0 aromatic heterocycles. The van der Waals surface area contributed by atoms with Crippen molar-refractivity contribution >= 4 is 17.8 Å². The van der Waals surface area contributed by atoms with Gasteiger partial charge in [-0.1, -0.05) is 139 Å². The molecule has 1 amide bonds. The van der Waals surface area contributed by atoms with E-state index in [4.69, 9.17) is 10.5 Å². The number of carbonyl (C=O) groups is 3. The van der Waals surface area contributed by atoms with E-state index >= 15 is 0 Å². The van der Waals surface area contributed by atoms with Gasteiger partial charge in [0.25, 0.3) is 0 Å². The molecule has 2 unspecified atom stereocenters. The quantitative estimate of drug-likeness (QED) is 0.0327. The molecule has 0 aliphatic rings. The molecule has 0 aromatic carbocycles. The molecule has 0 radical (unpaired) electrons. The Bertz CT molecular complexity index is 1030. The second-order valence-corrected chi connectivity index (χ2v) is 14.7. The standard InChI is InChI=1S/C47H82N2O5/c1-3-5-7-9-11-13-15-16-17-18-19-20-22-24-26-31-35-41-46(51)54-43(37-32-28-25-23-21-14-12-10-8-6-4-2)38-33-29-27-30-34-40-45(50)49-44(47(52)53)39-36-42-48/h5,7,11,13,16-17,19-20,23,25,43-44H,3-4,6,8-10,12,14-15,18,21-22,24,26-42,48H2,1-2H3,(H,49,50)(H,52,53)/b7-5-,13-11-,17-16-,20-19-,25-23-. The molecular weight excluding hydrogens is 673 g/mol. The van der Waals surface area contributed by atoms with E-state index in [-0.39, 0.29) is 18.0 Å². The lowest BCUT2D eigenvalue weighted by Gasteiger charge is -2.18. The SMILES string of the molecule is CC/C=C\C/C=C\C/C=C\C/C=C\CCCCCCC(=O)OC(CCC/C=C\CCCCCCCC)CCCCCCCC(=O)NC(CCCN)C(=O)O. The van der Waals surface area contributed by atoms with Crippen LogP contribution in [-0.2, 0) is 19.1 Å². The Labute approximate surface area is 331 Å². The van der Waals surface area contributed by atoms with Gasteiger partial charge in [-0.2, -0.15) is 0 Å². The van der Waals surface area contributed by atoms with Gasteiger partial charge >= 0.3 is 11.9 Å². The van der Waals surface area contributed by atoms with Crippen molar-refractivity contribution in [3.63, 3.8) is 0 Å². The summed E-state index contributed by atoms with van der Waals surface area (Å²) in [5, 5.41) is 11.9. The Kier molecular flexibility index (Phi) is 39.0. The zero-order valence-electron chi connectivity index (χ0n) is 34.8. The largest absolute Gasteiger partial charge is 0.480 e. The number of esters is 1. The summed E-state index contributed by atoms with van der Waals surface area (Å²) in [6, 6.07) is -0.863. The van der Waals surface area contributed by atoms with Crippen LogP contribution in [0.2, 0.25) is 0 Å². The molecule has 54 heavy (non-hydrogen) atoms. The molecule has 310 valence electrons. The molecule has 0 spiro atoms. The number of aliphatic carboxylic acids is 1. The Morgan fingerprint density at radius 1 is 0.556 bits per heavy atom. The third kappa shape index (κ3) is 37.4. The molecule has 0 bridgehead atoms. The maximum atomic E-state index is 12.8. The lowest BCUT2D eigenvalue weighted by molar-refractivity contribution is -0.150. The Morgan fingerprint density at radius 2 is 1.04 bits per heavy atom. The molecule has 7 heteroatoms. The van der Waals surface area contributed by atoms with Crippen molar-refractivity contribution in [1.29, 1.82) is 0 Å². The first-order valence-electron chi connectivity index (χ1n) is 22.1. The van der Waals surface area contributed by atoms with Crippen LogP contribution in [0.3, 0.4) is 0 Å². The average Bonchev–Trinajstić information content (AvgIpc) is 3.16. The van der Waals surface area contributed by atoms with Crippen molar-refractivity contribution in [2.45, 2.75) is 212 Å². The highest BCUT2D eigenvalue weighted by Crippen LogP contribution is 2.18. The second kappa shape index (κ2) is 41.2. The van der Waals surface area contributed by atoms with Crippen molar-refractivity contribution in [3.8, 4) is 0 Å². The number of hydrogen-bond acceptors (Lipinski definition) is 5. The number of ether oxygens (including phenoxy) is 1. The molecular formula is C47H82N2O5. The van der Waals surface area contributed by atoms with E-state index in [1.807, 2.05) is 0 Å². The summed E-state index contributed by atoms with van der Waals surface area (Å²) in [5.41, 5.74) is 5.48. The fraction of sp³-hybridized carbons (Fsp3) is 0.723. The van der Waals surface area contributed by atoms with Gasteiger partial charge < -0.3 is 20.9 Å². The van der Waals surface area contributed by atoms with E-state index in [2.05, 4.69) is 79.9 Å². The van der Waals surface area contributed by atoms with Crippen LogP contribution >= 0.6 is 0 Å². The number of carbonyl (C=O) groups excluding carboxylic acids is 2. The summed E-state index contributed by atoms with van der Waals surface area (Å²) in [7, 11) is 0. The van der Waals surface area contributed by atoms with E-state index in [0.29, 0.717) is 32.2 Å². The number of hydrogen-bond donors (Lipinski definition) is 3. The first kappa shape index (κ1) is 51.1. The number of allylic oxidation sites excluding steroid dienone is 10. The van der Waals surface area contributed by atoms with Crippen LogP contribution in [0.4, 0.5) is 0 Å². The normalized spacial score (nSPS) is 13.2. The lowest BCUT2D eigenvalue weighted by Crippen LogP contribution is -2.40. The first-order valence-corrected chi connectivity index (χ1v) is 22.1. The highest BCUT2D eigenvalue weighted by molar-refractivity contribution is 5.83. The number of carboxylic acids is 1. The molecule has 7 nitrogen and oxygen atoms in total. The third-order valence-electron chi connectivity index (χ3n) is 9.57. The number of carboxylic acid groups (broad SMARTS) is 1. The van der Waals surface area contributed by atoms with Gasteiger partial charge in [0.05, 0.1) is 0 Å².